The number of esters is 1. The molecule has 5 heteroatoms. The van der Waals surface area contributed by atoms with E-state index in [1.165, 1.54) is 19.3 Å². The maximum absolute atomic E-state index is 12.3. The van der Waals surface area contributed by atoms with Crippen LogP contribution in [-0.4, -0.2) is 28.1 Å². The Morgan fingerprint density at radius 1 is 1.45 bits per heavy atom. The number of H-pyrrole nitrogens is 1. The summed E-state index contributed by atoms with van der Waals surface area (Å²) in [4.78, 5) is 19.7. The number of ether oxygens (including phenoxy) is 1. The van der Waals surface area contributed by atoms with Crippen LogP contribution in [0.15, 0.2) is 6.33 Å². The number of aromatic amines is 1. The molecule has 1 aliphatic carbocycles. The Labute approximate surface area is 119 Å². The molecule has 1 aromatic rings. The van der Waals surface area contributed by atoms with E-state index in [1.807, 2.05) is 0 Å². The number of imidazole rings is 1. The summed E-state index contributed by atoms with van der Waals surface area (Å²) >= 11 is 0. The van der Waals surface area contributed by atoms with Crippen molar-refractivity contribution in [1.29, 1.82) is 0 Å². The van der Waals surface area contributed by atoms with Crippen LogP contribution in [0.2, 0.25) is 0 Å². The molecule has 2 heterocycles. The molecule has 0 amide bonds. The Morgan fingerprint density at radius 3 is 3.15 bits per heavy atom. The highest BCUT2D eigenvalue weighted by Gasteiger charge is 2.32. The minimum atomic E-state index is -0.245. The fourth-order valence-corrected chi connectivity index (χ4v) is 3.36. The van der Waals surface area contributed by atoms with Crippen LogP contribution in [0, 0.1) is 5.92 Å². The first kappa shape index (κ1) is 13.6. The van der Waals surface area contributed by atoms with Gasteiger partial charge in [0.15, 0.2) is 0 Å². The lowest BCUT2D eigenvalue weighted by Gasteiger charge is -2.32. The van der Waals surface area contributed by atoms with Gasteiger partial charge < -0.3 is 9.72 Å². The van der Waals surface area contributed by atoms with Crippen molar-refractivity contribution >= 4 is 5.97 Å². The number of rotatable bonds is 3. The van der Waals surface area contributed by atoms with Crippen molar-refractivity contribution in [2.24, 2.45) is 5.92 Å². The zero-order valence-corrected chi connectivity index (χ0v) is 12.0. The van der Waals surface area contributed by atoms with Gasteiger partial charge in [0.2, 0.25) is 0 Å². The highest BCUT2D eigenvalue weighted by Crippen LogP contribution is 2.29. The van der Waals surface area contributed by atoms with Crippen LogP contribution in [0.5, 0.6) is 0 Å². The summed E-state index contributed by atoms with van der Waals surface area (Å²) in [5.41, 5.74) is 2.07. The number of hydrogen-bond acceptors (Lipinski definition) is 4. The lowest BCUT2D eigenvalue weighted by atomic mass is 9.84. The van der Waals surface area contributed by atoms with Gasteiger partial charge >= 0.3 is 5.97 Å². The van der Waals surface area contributed by atoms with Crippen molar-refractivity contribution in [3.05, 3.63) is 17.7 Å². The van der Waals surface area contributed by atoms with Gasteiger partial charge in [0.05, 0.1) is 17.7 Å². The third kappa shape index (κ3) is 2.73. The second kappa shape index (κ2) is 5.95. The standard InChI is InChI=1S/C15H23N3O2/c1-2-10-5-3-4-6-14(10)20-15(19)12-7-11-13(8-16-12)18-9-17-11/h9-10,12,14,16H,2-8H2,1H3,(H,17,18). The van der Waals surface area contributed by atoms with Crippen LogP contribution < -0.4 is 5.32 Å². The summed E-state index contributed by atoms with van der Waals surface area (Å²) in [6, 6.07) is -0.245. The van der Waals surface area contributed by atoms with E-state index in [9.17, 15) is 4.79 Å². The van der Waals surface area contributed by atoms with Crippen LogP contribution in [0.3, 0.4) is 0 Å². The van der Waals surface area contributed by atoms with Crippen molar-refractivity contribution < 1.29 is 9.53 Å². The second-order valence-corrected chi connectivity index (χ2v) is 5.89. The molecule has 0 spiro atoms. The van der Waals surface area contributed by atoms with Crippen molar-refractivity contribution in [2.75, 3.05) is 0 Å². The highest BCUT2D eigenvalue weighted by molar-refractivity contribution is 5.76. The summed E-state index contributed by atoms with van der Waals surface area (Å²) in [6.07, 6.45) is 8.18. The molecule has 3 rings (SSSR count). The van der Waals surface area contributed by atoms with Gasteiger partial charge in [0.25, 0.3) is 0 Å². The third-order valence-electron chi connectivity index (χ3n) is 4.65. The molecule has 5 nitrogen and oxygen atoms in total. The molecule has 3 atom stereocenters. The van der Waals surface area contributed by atoms with E-state index in [0.717, 1.165) is 24.2 Å². The largest absolute Gasteiger partial charge is 0.461 e. The predicted octanol–water partition coefficient (Wildman–Crippen LogP) is 1.94. The Bertz CT molecular complexity index is 471. The molecule has 0 saturated heterocycles. The minimum absolute atomic E-state index is 0.107. The maximum Gasteiger partial charge on any atom is 0.323 e. The summed E-state index contributed by atoms with van der Waals surface area (Å²) in [7, 11) is 0. The molecule has 0 bridgehead atoms. The first-order valence-corrected chi connectivity index (χ1v) is 7.73. The Hall–Kier alpha value is -1.36. The molecule has 1 saturated carbocycles. The van der Waals surface area contributed by atoms with E-state index < -0.39 is 0 Å². The van der Waals surface area contributed by atoms with Gasteiger partial charge in [-0.1, -0.05) is 13.3 Å². The van der Waals surface area contributed by atoms with E-state index >= 15 is 0 Å². The first-order chi connectivity index (χ1) is 9.78. The van der Waals surface area contributed by atoms with Gasteiger partial charge in [-0.2, -0.15) is 0 Å². The molecule has 3 unspecified atom stereocenters. The van der Waals surface area contributed by atoms with Crippen LogP contribution >= 0.6 is 0 Å². The van der Waals surface area contributed by atoms with Gasteiger partial charge in [0, 0.05) is 13.0 Å². The molecule has 110 valence electrons. The van der Waals surface area contributed by atoms with E-state index in [2.05, 4.69) is 22.2 Å². The molecule has 2 N–H and O–H groups in total. The van der Waals surface area contributed by atoms with Gasteiger partial charge in [-0.15, -0.1) is 0 Å². The average molecular weight is 277 g/mol. The average Bonchev–Trinajstić information content (AvgIpc) is 2.95. The molecule has 1 aromatic heterocycles. The molecule has 0 radical (unpaired) electrons. The number of carbonyl (C=O) groups is 1. The maximum atomic E-state index is 12.3. The monoisotopic (exact) mass is 277 g/mol. The van der Waals surface area contributed by atoms with Gasteiger partial charge in [-0.3, -0.25) is 10.1 Å². The number of aromatic nitrogens is 2. The van der Waals surface area contributed by atoms with Crippen molar-refractivity contribution in [3.8, 4) is 0 Å². The van der Waals surface area contributed by atoms with Gasteiger partial charge in [-0.05, 0) is 31.6 Å². The molecular formula is C15H23N3O2. The summed E-state index contributed by atoms with van der Waals surface area (Å²) < 4.78 is 5.79. The fraction of sp³-hybridized carbons (Fsp3) is 0.733. The predicted molar refractivity (Wildman–Crippen MR) is 75.0 cm³/mol. The quantitative estimate of drug-likeness (QED) is 0.829. The van der Waals surface area contributed by atoms with E-state index in [1.54, 1.807) is 6.33 Å². The van der Waals surface area contributed by atoms with Crippen molar-refractivity contribution in [1.82, 2.24) is 15.3 Å². The molecule has 0 aromatic carbocycles. The van der Waals surface area contributed by atoms with E-state index in [-0.39, 0.29) is 18.1 Å². The molecule has 1 aliphatic heterocycles. The zero-order valence-electron chi connectivity index (χ0n) is 12.0. The third-order valence-corrected chi connectivity index (χ3v) is 4.65. The molecule has 2 aliphatic rings. The number of nitrogens with zero attached hydrogens (tertiary/aromatic N) is 1. The smallest absolute Gasteiger partial charge is 0.323 e. The Kier molecular flexibility index (Phi) is 4.05. The van der Waals surface area contributed by atoms with Crippen LogP contribution in [-0.2, 0) is 22.5 Å². The second-order valence-electron chi connectivity index (χ2n) is 5.89. The number of nitrogens with one attached hydrogen (secondary N) is 2. The lowest BCUT2D eigenvalue weighted by molar-refractivity contribution is -0.156. The summed E-state index contributed by atoms with van der Waals surface area (Å²) in [5.74, 6) is 0.432. The first-order valence-electron chi connectivity index (χ1n) is 7.73. The minimum Gasteiger partial charge on any atom is -0.461 e. The van der Waals surface area contributed by atoms with E-state index in [0.29, 0.717) is 18.9 Å². The molecule has 1 fully saturated rings. The van der Waals surface area contributed by atoms with Crippen molar-refractivity contribution in [3.63, 3.8) is 0 Å². The van der Waals surface area contributed by atoms with Crippen LogP contribution in [0.4, 0.5) is 0 Å². The van der Waals surface area contributed by atoms with Gasteiger partial charge in [-0.25, -0.2) is 4.98 Å². The lowest BCUT2D eigenvalue weighted by Crippen LogP contribution is -2.45. The number of carbonyl (C=O) groups excluding carboxylic acids is 1. The zero-order chi connectivity index (χ0) is 13.9. The van der Waals surface area contributed by atoms with Crippen LogP contribution in [0.25, 0.3) is 0 Å². The topological polar surface area (TPSA) is 67.0 Å². The highest BCUT2D eigenvalue weighted by atomic mass is 16.5. The Balaban J connectivity index is 1.59. The number of hydrogen-bond donors (Lipinski definition) is 2. The normalized spacial score (nSPS) is 29.8. The van der Waals surface area contributed by atoms with Gasteiger partial charge in [0.1, 0.15) is 12.1 Å². The molecule has 20 heavy (non-hydrogen) atoms. The van der Waals surface area contributed by atoms with Crippen molar-refractivity contribution in [2.45, 2.75) is 64.1 Å². The molecular weight excluding hydrogens is 254 g/mol. The number of fused-ring (bicyclic) bond motifs is 1. The summed E-state index contributed by atoms with van der Waals surface area (Å²) in [6.45, 7) is 2.85. The van der Waals surface area contributed by atoms with E-state index in [4.69, 9.17) is 4.74 Å². The Morgan fingerprint density at radius 2 is 2.30 bits per heavy atom. The fourth-order valence-electron chi connectivity index (χ4n) is 3.36. The van der Waals surface area contributed by atoms with Crippen LogP contribution in [0.1, 0.15) is 50.4 Å². The summed E-state index contributed by atoms with van der Waals surface area (Å²) in [5, 5.41) is 3.24. The SMILES string of the molecule is CCC1CCCCC1OC(=O)C1Cc2nc[nH]c2CN1.